The molecule has 4 nitrogen and oxygen atoms in total. The minimum Gasteiger partial charge on any atom is -0.339 e. The molecule has 1 aromatic carbocycles. The van der Waals surface area contributed by atoms with Crippen LogP contribution in [-0.4, -0.2) is 16.3 Å². The first kappa shape index (κ1) is 13.1. The molecule has 1 aliphatic carbocycles. The van der Waals surface area contributed by atoms with E-state index in [2.05, 4.69) is 21.4 Å². The average molecular weight is 288 g/mol. The number of rotatable bonds is 3. The molecule has 0 saturated carbocycles. The highest BCUT2D eigenvalue weighted by Crippen LogP contribution is 2.30. The Bertz CT molecular complexity index is 658. The van der Waals surface area contributed by atoms with Crippen molar-refractivity contribution in [2.24, 2.45) is 0 Å². The first-order chi connectivity index (χ1) is 9.79. The van der Waals surface area contributed by atoms with Crippen molar-refractivity contribution in [1.82, 2.24) is 9.97 Å². The molecule has 1 aliphatic rings. The van der Waals surface area contributed by atoms with Crippen molar-refractivity contribution >= 4 is 29.4 Å². The number of halogens is 1. The summed E-state index contributed by atoms with van der Waals surface area (Å²) in [6.07, 6.45) is 6.61. The van der Waals surface area contributed by atoms with Crippen LogP contribution in [0.2, 0.25) is 5.15 Å². The number of carbonyl (C=O) groups is 1. The third kappa shape index (κ3) is 2.39. The number of carbonyl (C=O) groups excluding carboxylic acids is 1. The van der Waals surface area contributed by atoms with Crippen LogP contribution in [-0.2, 0) is 12.8 Å². The third-order valence-corrected chi connectivity index (χ3v) is 3.90. The summed E-state index contributed by atoms with van der Waals surface area (Å²) in [5.41, 5.74) is 3.97. The first-order valence-electron chi connectivity index (χ1n) is 6.63. The maximum Gasteiger partial charge on any atom is 0.156 e. The summed E-state index contributed by atoms with van der Waals surface area (Å²) in [5, 5.41) is 3.39. The van der Waals surface area contributed by atoms with E-state index >= 15 is 0 Å². The predicted molar refractivity (Wildman–Crippen MR) is 78.8 cm³/mol. The zero-order valence-corrected chi connectivity index (χ0v) is 11.7. The standard InChI is InChI=1S/C15H14ClN3O/c16-14-12(8-20)15(18-9-17-14)19-13-7-3-5-10-4-1-2-6-11(10)13/h3,5,7-9H,1-2,4,6H2,(H,17,18,19). The zero-order chi connectivity index (χ0) is 13.9. The maximum atomic E-state index is 11.1. The normalized spacial score (nSPS) is 13.7. The van der Waals surface area contributed by atoms with E-state index in [1.807, 2.05) is 12.1 Å². The number of hydrogen-bond donors (Lipinski definition) is 1. The van der Waals surface area contributed by atoms with Crippen molar-refractivity contribution in [2.75, 3.05) is 5.32 Å². The minimum absolute atomic E-state index is 0.169. The average Bonchev–Trinajstić information content (AvgIpc) is 2.48. The van der Waals surface area contributed by atoms with Crippen LogP contribution in [0, 0.1) is 0 Å². The SMILES string of the molecule is O=Cc1c(Cl)ncnc1Nc1cccc2c1CCCC2. The maximum absolute atomic E-state index is 11.1. The van der Waals surface area contributed by atoms with Crippen molar-refractivity contribution < 1.29 is 4.79 Å². The van der Waals surface area contributed by atoms with Gasteiger partial charge in [0.1, 0.15) is 17.3 Å². The van der Waals surface area contributed by atoms with Gasteiger partial charge in [0, 0.05) is 5.69 Å². The van der Waals surface area contributed by atoms with Gasteiger partial charge >= 0.3 is 0 Å². The lowest BCUT2D eigenvalue weighted by atomic mass is 9.90. The number of hydrogen-bond acceptors (Lipinski definition) is 4. The molecule has 3 rings (SSSR count). The molecule has 0 atom stereocenters. The van der Waals surface area contributed by atoms with E-state index in [0.717, 1.165) is 18.5 Å². The second-order valence-corrected chi connectivity index (χ2v) is 5.18. The smallest absolute Gasteiger partial charge is 0.156 e. The van der Waals surface area contributed by atoms with E-state index in [4.69, 9.17) is 11.6 Å². The Morgan fingerprint density at radius 3 is 2.90 bits per heavy atom. The highest BCUT2D eigenvalue weighted by Gasteiger charge is 2.15. The molecule has 0 radical (unpaired) electrons. The molecule has 5 heteroatoms. The van der Waals surface area contributed by atoms with Gasteiger partial charge in [-0.15, -0.1) is 0 Å². The monoisotopic (exact) mass is 287 g/mol. The Balaban J connectivity index is 2.00. The van der Waals surface area contributed by atoms with Crippen LogP contribution in [0.25, 0.3) is 0 Å². The number of nitrogens with zero attached hydrogens (tertiary/aromatic N) is 2. The Morgan fingerprint density at radius 1 is 1.20 bits per heavy atom. The summed E-state index contributed by atoms with van der Waals surface area (Å²) < 4.78 is 0. The Hall–Kier alpha value is -1.94. The van der Waals surface area contributed by atoms with Crippen LogP contribution in [0.1, 0.15) is 34.3 Å². The van der Waals surface area contributed by atoms with Gasteiger partial charge in [-0.25, -0.2) is 9.97 Å². The second-order valence-electron chi connectivity index (χ2n) is 4.82. The van der Waals surface area contributed by atoms with E-state index in [0.29, 0.717) is 17.7 Å². The van der Waals surface area contributed by atoms with Gasteiger partial charge in [0.2, 0.25) is 0 Å². The number of nitrogens with one attached hydrogen (secondary N) is 1. The summed E-state index contributed by atoms with van der Waals surface area (Å²) in [6, 6.07) is 6.19. The number of benzene rings is 1. The fourth-order valence-corrected chi connectivity index (χ4v) is 2.78. The largest absolute Gasteiger partial charge is 0.339 e. The number of aryl methyl sites for hydroxylation is 1. The second kappa shape index (κ2) is 5.59. The van der Waals surface area contributed by atoms with Gasteiger partial charge in [-0.2, -0.15) is 0 Å². The fourth-order valence-electron chi connectivity index (χ4n) is 2.60. The molecule has 2 aromatic rings. The summed E-state index contributed by atoms with van der Waals surface area (Å²) in [4.78, 5) is 19.1. The quantitative estimate of drug-likeness (QED) is 0.693. The summed E-state index contributed by atoms with van der Waals surface area (Å²) >= 11 is 5.92. The highest BCUT2D eigenvalue weighted by molar-refractivity contribution is 6.32. The van der Waals surface area contributed by atoms with Gasteiger partial charge in [-0.3, -0.25) is 4.79 Å². The van der Waals surface area contributed by atoms with Gasteiger partial charge in [0.05, 0.1) is 5.56 Å². The molecule has 0 bridgehead atoms. The molecule has 20 heavy (non-hydrogen) atoms. The van der Waals surface area contributed by atoms with Gasteiger partial charge in [0.25, 0.3) is 0 Å². The van der Waals surface area contributed by atoms with Crippen LogP contribution in [0.4, 0.5) is 11.5 Å². The van der Waals surface area contributed by atoms with E-state index < -0.39 is 0 Å². The molecule has 0 saturated heterocycles. The molecule has 1 aromatic heterocycles. The molecule has 1 N–H and O–H groups in total. The molecule has 102 valence electrons. The third-order valence-electron chi connectivity index (χ3n) is 3.60. The van der Waals surface area contributed by atoms with E-state index in [1.165, 1.54) is 30.3 Å². The minimum atomic E-state index is 0.169. The van der Waals surface area contributed by atoms with Crippen molar-refractivity contribution in [3.63, 3.8) is 0 Å². The lowest BCUT2D eigenvalue weighted by Gasteiger charge is -2.20. The Kier molecular flexibility index (Phi) is 3.65. The Morgan fingerprint density at radius 2 is 2.05 bits per heavy atom. The number of anilines is 2. The lowest BCUT2D eigenvalue weighted by Crippen LogP contribution is -2.08. The van der Waals surface area contributed by atoms with E-state index in [-0.39, 0.29) is 5.15 Å². The predicted octanol–water partition coefficient (Wildman–Crippen LogP) is 3.56. The summed E-state index contributed by atoms with van der Waals surface area (Å²) in [7, 11) is 0. The van der Waals surface area contributed by atoms with Gasteiger partial charge in [-0.1, -0.05) is 23.7 Å². The molecule has 0 amide bonds. The topological polar surface area (TPSA) is 54.9 Å². The summed E-state index contributed by atoms with van der Waals surface area (Å²) in [5.74, 6) is 0.457. The van der Waals surface area contributed by atoms with Crippen molar-refractivity contribution in [1.29, 1.82) is 0 Å². The van der Waals surface area contributed by atoms with Crippen molar-refractivity contribution in [3.8, 4) is 0 Å². The Labute approximate surface area is 122 Å². The molecular formula is C15H14ClN3O. The molecule has 1 heterocycles. The number of aromatic nitrogens is 2. The zero-order valence-electron chi connectivity index (χ0n) is 10.9. The van der Waals surface area contributed by atoms with Gasteiger partial charge < -0.3 is 5.32 Å². The highest BCUT2D eigenvalue weighted by atomic mass is 35.5. The molecule has 0 spiro atoms. The molecule has 0 unspecified atom stereocenters. The van der Waals surface area contributed by atoms with Crippen LogP contribution in [0.5, 0.6) is 0 Å². The van der Waals surface area contributed by atoms with Crippen LogP contribution in [0.15, 0.2) is 24.5 Å². The number of fused-ring (bicyclic) bond motifs is 1. The van der Waals surface area contributed by atoms with E-state index in [9.17, 15) is 4.79 Å². The van der Waals surface area contributed by atoms with Crippen LogP contribution < -0.4 is 5.32 Å². The van der Waals surface area contributed by atoms with Crippen molar-refractivity contribution in [3.05, 3.63) is 46.4 Å². The van der Waals surface area contributed by atoms with Gasteiger partial charge in [0.15, 0.2) is 6.29 Å². The summed E-state index contributed by atoms with van der Waals surface area (Å²) in [6.45, 7) is 0. The van der Waals surface area contributed by atoms with Crippen LogP contribution >= 0.6 is 11.6 Å². The number of aldehydes is 1. The lowest BCUT2D eigenvalue weighted by molar-refractivity contribution is 0.112. The molecule has 0 aliphatic heterocycles. The molecular weight excluding hydrogens is 274 g/mol. The van der Waals surface area contributed by atoms with E-state index in [1.54, 1.807) is 0 Å². The molecule has 0 fully saturated rings. The first-order valence-corrected chi connectivity index (χ1v) is 7.01. The van der Waals surface area contributed by atoms with Crippen molar-refractivity contribution in [2.45, 2.75) is 25.7 Å². The fraction of sp³-hybridized carbons (Fsp3) is 0.267. The van der Waals surface area contributed by atoms with Crippen LogP contribution in [0.3, 0.4) is 0 Å². The van der Waals surface area contributed by atoms with Gasteiger partial charge in [-0.05, 0) is 42.9 Å².